The van der Waals surface area contributed by atoms with Gasteiger partial charge in [-0.25, -0.2) is 4.98 Å². The van der Waals surface area contributed by atoms with Crippen LogP contribution in [0.2, 0.25) is 0 Å². The number of imidazole rings is 1. The fraction of sp³-hybridized carbons (Fsp3) is 0.700. The minimum absolute atomic E-state index is 0.103. The van der Waals surface area contributed by atoms with Gasteiger partial charge < -0.3 is 4.57 Å². The normalized spacial score (nSPS) is 21.5. The third kappa shape index (κ3) is 1.75. The summed E-state index contributed by atoms with van der Waals surface area (Å²) in [7, 11) is 0. The maximum atomic E-state index is 12.7. The molecule has 2 heterocycles. The molecule has 1 aliphatic rings. The zero-order valence-corrected chi connectivity index (χ0v) is 8.73. The van der Waals surface area contributed by atoms with Crippen LogP contribution in [0.5, 0.6) is 0 Å². The van der Waals surface area contributed by atoms with Crippen molar-refractivity contribution in [2.24, 2.45) is 5.92 Å². The van der Waals surface area contributed by atoms with Gasteiger partial charge in [-0.1, -0.05) is 6.92 Å². The number of halogens is 3. The van der Waals surface area contributed by atoms with Gasteiger partial charge in [0, 0.05) is 13.0 Å². The van der Waals surface area contributed by atoms with E-state index in [2.05, 4.69) is 4.98 Å². The molecule has 1 atom stereocenters. The van der Waals surface area contributed by atoms with Gasteiger partial charge in [-0.15, -0.1) is 0 Å². The second-order valence-corrected chi connectivity index (χ2v) is 4.21. The molecule has 0 spiro atoms. The van der Waals surface area contributed by atoms with Crippen LogP contribution in [0.15, 0.2) is 0 Å². The van der Waals surface area contributed by atoms with Crippen molar-refractivity contribution < 1.29 is 13.2 Å². The molecule has 84 valence electrons. The highest BCUT2D eigenvalue weighted by atomic mass is 19.4. The SMILES string of the molecule is Cc1nc2n(c1C(F)(F)F)CC(C)CC2. The van der Waals surface area contributed by atoms with Crippen molar-refractivity contribution in [2.75, 3.05) is 0 Å². The molecule has 0 N–H and O–H groups in total. The van der Waals surface area contributed by atoms with E-state index in [-0.39, 0.29) is 5.69 Å². The highest BCUT2D eigenvalue weighted by Gasteiger charge is 2.39. The Balaban J connectivity index is 2.51. The van der Waals surface area contributed by atoms with Crippen LogP contribution in [0, 0.1) is 12.8 Å². The molecule has 0 aliphatic carbocycles. The molecule has 0 saturated carbocycles. The van der Waals surface area contributed by atoms with E-state index in [1.165, 1.54) is 11.5 Å². The third-order valence-corrected chi connectivity index (χ3v) is 2.84. The Labute approximate surface area is 86.1 Å². The van der Waals surface area contributed by atoms with E-state index in [9.17, 15) is 13.2 Å². The highest BCUT2D eigenvalue weighted by molar-refractivity contribution is 5.20. The van der Waals surface area contributed by atoms with Gasteiger partial charge in [-0.2, -0.15) is 13.2 Å². The van der Waals surface area contributed by atoms with Crippen LogP contribution in [-0.2, 0) is 19.1 Å². The van der Waals surface area contributed by atoms with E-state index in [4.69, 9.17) is 0 Å². The molecule has 0 aromatic carbocycles. The van der Waals surface area contributed by atoms with Crippen molar-refractivity contribution in [1.82, 2.24) is 9.55 Å². The number of fused-ring (bicyclic) bond motifs is 1. The van der Waals surface area contributed by atoms with E-state index >= 15 is 0 Å². The maximum Gasteiger partial charge on any atom is 0.433 e. The van der Waals surface area contributed by atoms with Gasteiger partial charge in [-0.3, -0.25) is 0 Å². The van der Waals surface area contributed by atoms with E-state index < -0.39 is 11.9 Å². The van der Waals surface area contributed by atoms with Crippen molar-refractivity contribution in [3.05, 3.63) is 17.2 Å². The molecule has 0 fully saturated rings. The lowest BCUT2D eigenvalue weighted by atomic mass is 10.0. The monoisotopic (exact) mass is 218 g/mol. The lowest BCUT2D eigenvalue weighted by molar-refractivity contribution is -0.144. The molecule has 0 bridgehead atoms. The van der Waals surface area contributed by atoms with Crippen molar-refractivity contribution in [1.29, 1.82) is 0 Å². The Hall–Kier alpha value is -1.00. The topological polar surface area (TPSA) is 17.8 Å². The minimum Gasteiger partial charge on any atom is -0.324 e. The first kappa shape index (κ1) is 10.5. The molecular formula is C10H13F3N2. The van der Waals surface area contributed by atoms with E-state index in [0.717, 1.165) is 6.42 Å². The number of nitrogens with zero attached hydrogens (tertiary/aromatic N) is 2. The van der Waals surface area contributed by atoms with Crippen molar-refractivity contribution in [3.8, 4) is 0 Å². The van der Waals surface area contributed by atoms with Gasteiger partial charge >= 0.3 is 6.18 Å². The summed E-state index contributed by atoms with van der Waals surface area (Å²) in [6.45, 7) is 3.84. The van der Waals surface area contributed by atoms with E-state index in [0.29, 0.717) is 24.7 Å². The van der Waals surface area contributed by atoms with Crippen LogP contribution in [-0.4, -0.2) is 9.55 Å². The molecule has 0 radical (unpaired) electrons. The lowest BCUT2D eigenvalue weighted by Gasteiger charge is -2.22. The molecule has 2 rings (SSSR count). The van der Waals surface area contributed by atoms with E-state index in [1.54, 1.807) is 0 Å². The first-order valence-corrected chi connectivity index (χ1v) is 5.03. The Morgan fingerprint density at radius 1 is 1.40 bits per heavy atom. The van der Waals surface area contributed by atoms with Crippen LogP contribution in [0.3, 0.4) is 0 Å². The second kappa shape index (κ2) is 3.25. The lowest BCUT2D eigenvalue weighted by Crippen LogP contribution is -2.23. The van der Waals surface area contributed by atoms with Crippen molar-refractivity contribution >= 4 is 0 Å². The Bertz CT molecular complexity index is 379. The Morgan fingerprint density at radius 3 is 2.67 bits per heavy atom. The largest absolute Gasteiger partial charge is 0.433 e. The van der Waals surface area contributed by atoms with Crippen LogP contribution < -0.4 is 0 Å². The van der Waals surface area contributed by atoms with Gasteiger partial charge in [0.15, 0.2) is 0 Å². The average Bonchev–Trinajstić information content (AvgIpc) is 2.38. The summed E-state index contributed by atoms with van der Waals surface area (Å²) >= 11 is 0. The van der Waals surface area contributed by atoms with Gasteiger partial charge in [-0.05, 0) is 19.3 Å². The molecule has 0 amide bonds. The summed E-state index contributed by atoms with van der Waals surface area (Å²) in [5, 5.41) is 0. The van der Waals surface area contributed by atoms with Gasteiger partial charge in [0.05, 0.1) is 5.69 Å². The molecule has 5 heteroatoms. The summed E-state index contributed by atoms with van der Waals surface area (Å²) in [6.07, 6.45) is -2.71. The maximum absolute atomic E-state index is 12.7. The van der Waals surface area contributed by atoms with Crippen LogP contribution in [0.1, 0.15) is 30.6 Å². The Morgan fingerprint density at radius 2 is 2.07 bits per heavy atom. The third-order valence-electron chi connectivity index (χ3n) is 2.84. The predicted octanol–water partition coefficient (Wildman–Crippen LogP) is 2.79. The summed E-state index contributed by atoms with van der Waals surface area (Å²) in [5.41, 5.74) is -0.462. The molecule has 2 nitrogen and oxygen atoms in total. The summed E-state index contributed by atoms with van der Waals surface area (Å²) in [6, 6.07) is 0. The Kier molecular flexibility index (Phi) is 2.28. The smallest absolute Gasteiger partial charge is 0.324 e. The summed E-state index contributed by atoms with van der Waals surface area (Å²) in [4.78, 5) is 4.00. The number of aromatic nitrogens is 2. The van der Waals surface area contributed by atoms with Crippen molar-refractivity contribution in [2.45, 2.75) is 39.4 Å². The zero-order valence-electron chi connectivity index (χ0n) is 8.73. The molecule has 0 saturated heterocycles. The first-order valence-electron chi connectivity index (χ1n) is 5.03. The summed E-state index contributed by atoms with van der Waals surface area (Å²) < 4.78 is 39.5. The number of hydrogen-bond acceptors (Lipinski definition) is 1. The molecule has 1 aromatic heterocycles. The van der Waals surface area contributed by atoms with Gasteiger partial charge in [0.2, 0.25) is 0 Å². The number of alkyl halides is 3. The van der Waals surface area contributed by atoms with Crippen LogP contribution >= 0.6 is 0 Å². The van der Waals surface area contributed by atoms with Gasteiger partial charge in [0.25, 0.3) is 0 Å². The van der Waals surface area contributed by atoms with Crippen LogP contribution in [0.4, 0.5) is 13.2 Å². The number of rotatable bonds is 0. The average molecular weight is 218 g/mol. The first-order chi connectivity index (χ1) is 6.89. The fourth-order valence-corrected chi connectivity index (χ4v) is 2.16. The molecule has 1 aliphatic heterocycles. The fourth-order valence-electron chi connectivity index (χ4n) is 2.16. The van der Waals surface area contributed by atoms with E-state index in [1.807, 2.05) is 6.92 Å². The standard InChI is InChI=1S/C10H13F3N2/c1-6-3-4-8-14-7(2)9(10(11,12)13)15(8)5-6/h6H,3-5H2,1-2H3. The zero-order chi connectivity index (χ0) is 11.2. The predicted molar refractivity (Wildman–Crippen MR) is 49.5 cm³/mol. The number of aryl methyl sites for hydroxylation is 2. The molecule has 15 heavy (non-hydrogen) atoms. The molecule has 1 unspecified atom stereocenters. The highest BCUT2D eigenvalue weighted by Crippen LogP contribution is 2.35. The van der Waals surface area contributed by atoms with Crippen molar-refractivity contribution in [3.63, 3.8) is 0 Å². The van der Waals surface area contributed by atoms with Gasteiger partial charge in [0.1, 0.15) is 11.5 Å². The minimum atomic E-state index is -4.29. The molecule has 1 aromatic rings. The quantitative estimate of drug-likeness (QED) is 0.654. The van der Waals surface area contributed by atoms with Crippen LogP contribution in [0.25, 0.3) is 0 Å². The molecular weight excluding hydrogens is 205 g/mol. The second-order valence-electron chi connectivity index (χ2n) is 4.21. The summed E-state index contributed by atoms with van der Waals surface area (Å²) in [5.74, 6) is 0.880. The number of hydrogen-bond donors (Lipinski definition) is 0.